The number of hydrogen-bond acceptors (Lipinski definition) is 8. The quantitative estimate of drug-likeness (QED) is 0.0261. The first-order valence-corrected chi connectivity index (χ1v) is 30.3. The van der Waals surface area contributed by atoms with Gasteiger partial charge in [-0.2, -0.15) is 0 Å². The average Bonchev–Trinajstić information content (AvgIpc) is 3.39. The smallest absolute Gasteiger partial charge is 0.220 e. The number of carbonyl (C=O) groups is 1. The van der Waals surface area contributed by atoms with Crippen LogP contribution >= 0.6 is 0 Å². The largest absolute Gasteiger partial charge is 0.394 e. The van der Waals surface area contributed by atoms with E-state index in [1.165, 1.54) is 167 Å². The van der Waals surface area contributed by atoms with Gasteiger partial charge in [-0.05, 0) is 77.0 Å². The SMILES string of the molecule is CC/C=C\C/C=C\C/C=C\C/C=C\C/C=C\CCCCCCCCCCCCCCCC(=O)NC(COC1OC(CO)C(O)C(O)C1O)C(O)/C=C/CC/C=C/CCCCCCCCCCCCCCCCC. The van der Waals surface area contributed by atoms with Gasteiger partial charge in [-0.15, -0.1) is 0 Å². The van der Waals surface area contributed by atoms with E-state index in [1.807, 2.05) is 6.08 Å². The zero-order chi connectivity index (χ0) is 52.9. The number of unbranched alkanes of at least 4 members (excludes halogenated alkanes) is 29. The summed E-state index contributed by atoms with van der Waals surface area (Å²) in [6.07, 6.45) is 67.9. The third kappa shape index (κ3) is 42.2. The van der Waals surface area contributed by atoms with E-state index in [-0.39, 0.29) is 12.5 Å². The Kier molecular flexibility index (Phi) is 49.5. The number of allylic oxidation sites excluding steroid dienone is 13. The van der Waals surface area contributed by atoms with Crippen LogP contribution in [0.5, 0.6) is 0 Å². The van der Waals surface area contributed by atoms with Gasteiger partial charge in [0.1, 0.15) is 24.4 Å². The van der Waals surface area contributed by atoms with E-state index in [1.54, 1.807) is 6.08 Å². The molecule has 1 aliphatic rings. The Labute approximate surface area is 448 Å². The van der Waals surface area contributed by atoms with E-state index in [4.69, 9.17) is 9.47 Å². The molecule has 73 heavy (non-hydrogen) atoms. The minimum absolute atomic E-state index is 0.189. The molecule has 9 heteroatoms. The molecule has 9 nitrogen and oxygen atoms in total. The number of hydrogen-bond donors (Lipinski definition) is 6. The van der Waals surface area contributed by atoms with Gasteiger partial charge >= 0.3 is 0 Å². The maximum Gasteiger partial charge on any atom is 0.220 e. The predicted molar refractivity (Wildman–Crippen MR) is 308 cm³/mol. The van der Waals surface area contributed by atoms with Gasteiger partial charge in [0.05, 0.1) is 25.4 Å². The molecule has 7 atom stereocenters. The lowest BCUT2D eigenvalue weighted by Crippen LogP contribution is -2.60. The normalized spacial score (nSPS) is 19.7. The number of aliphatic hydroxyl groups is 5. The second-order valence-electron chi connectivity index (χ2n) is 20.8. The van der Waals surface area contributed by atoms with Crippen molar-refractivity contribution in [1.29, 1.82) is 0 Å². The highest BCUT2D eigenvalue weighted by Crippen LogP contribution is 2.23. The highest BCUT2D eigenvalue weighted by molar-refractivity contribution is 5.76. The monoisotopic (exact) mass is 1020 g/mol. The van der Waals surface area contributed by atoms with Crippen LogP contribution in [0.4, 0.5) is 0 Å². The van der Waals surface area contributed by atoms with Crippen LogP contribution in [0.2, 0.25) is 0 Å². The molecule has 0 saturated carbocycles. The van der Waals surface area contributed by atoms with Gasteiger partial charge < -0.3 is 40.3 Å². The van der Waals surface area contributed by atoms with Crippen LogP contribution < -0.4 is 5.32 Å². The molecule has 1 aliphatic heterocycles. The Morgan fingerprint density at radius 2 is 0.863 bits per heavy atom. The van der Waals surface area contributed by atoms with E-state index in [9.17, 15) is 30.3 Å². The fourth-order valence-corrected chi connectivity index (χ4v) is 9.20. The third-order valence-electron chi connectivity index (χ3n) is 14.0. The molecule has 0 aromatic rings. The maximum absolute atomic E-state index is 13.1. The predicted octanol–water partition coefficient (Wildman–Crippen LogP) is 15.4. The third-order valence-corrected chi connectivity index (χ3v) is 14.0. The van der Waals surface area contributed by atoms with Gasteiger partial charge in [-0.3, -0.25) is 4.79 Å². The van der Waals surface area contributed by atoms with Crippen LogP contribution in [-0.2, 0) is 14.3 Å². The van der Waals surface area contributed by atoms with E-state index >= 15 is 0 Å². The standard InChI is InChI=1S/C64H113NO8/c1-3-5-7-9-11-13-15-17-19-21-23-25-26-27-28-29-30-31-32-34-36-38-40-42-44-46-48-50-52-54-60(68)65-57(56-72-64-63(71)62(70)61(69)59(55-66)73-64)58(67)53-51-49-47-45-43-41-39-37-35-33-24-22-20-18-16-14-12-10-8-6-4-2/h5,7,11,13,17,19,23,25,27-28,43,45,51,53,57-59,61-64,66-67,69-71H,3-4,6,8-10,12,14-16,18,20-22,24,26,29-42,44,46-50,52,54-56H2,1-2H3,(H,65,68)/b7-5-,13-11-,19-17-,25-23-,28-27-,45-43+,53-51+. The van der Waals surface area contributed by atoms with E-state index in [0.29, 0.717) is 6.42 Å². The highest BCUT2D eigenvalue weighted by Gasteiger charge is 2.44. The van der Waals surface area contributed by atoms with Crippen molar-refractivity contribution < 1.29 is 39.8 Å². The first-order chi connectivity index (χ1) is 35.8. The second kappa shape index (κ2) is 52.8. The van der Waals surface area contributed by atoms with Crippen LogP contribution in [0, 0.1) is 0 Å². The second-order valence-corrected chi connectivity index (χ2v) is 20.8. The molecule has 0 spiro atoms. The number of rotatable bonds is 51. The lowest BCUT2D eigenvalue weighted by atomic mass is 9.99. The Bertz CT molecular complexity index is 1420. The van der Waals surface area contributed by atoms with Crippen molar-refractivity contribution in [1.82, 2.24) is 5.32 Å². The zero-order valence-corrected chi connectivity index (χ0v) is 46.9. The summed E-state index contributed by atoms with van der Waals surface area (Å²) in [5.74, 6) is -0.189. The molecule has 1 amide bonds. The van der Waals surface area contributed by atoms with Crippen LogP contribution in [-0.4, -0.2) is 87.5 Å². The molecular weight excluding hydrogens is 911 g/mol. The number of aliphatic hydroxyl groups excluding tert-OH is 5. The van der Waals surface area contributed by atoms with Crippen LogP contribution in [0.1, 0.15) is 258 Å². The average molecular weight is 1020 g/mol. The summed E-state index contributed by atoms with van der Waals surface area (Å²) in [5.41, 5.74) is 0. The van der Waals surface area contributed by atoms with Crippen LogP contribution in [0.3, 0.4) is 0 Å². The summed E-state index contributed by atoms with van der Waals surface area (Å²) in [4.78, 5) is 13.1. The summed E-state index contributed by atoms with van der Waals surface area (Å²) in [6, 6.07) is -0.827. The first kappa shape index (κ1) is 68.4. The molecule has 0 aromatic heterocycles. The molecule has 0 aliphatic carbocycles. The van der Waals surface area contributed by atoms with Crippen molar-refractivity contribution in [2.75, 3.05) is 13.2 Å². The molecule has 422 valence electrons. The van der Waals surface area contributed by atoms with E-state index in [2.05, 4.69) is 92.1 Å². The maximum atomic E-state index is 13.1. The Morgan fingerprint density at radius 3 is 1.32 bits per heavy atom. The molecule has 1 fully saturated rings. The molecule has 0 aromatic carbocycles. The molecule has 0 bridgehead atoms. The molecular formula is C64H113NO8. The fourth-order valence-electron chi connectivity index (χ4n) is 9.20. The number of ether oxygens (including phenoxy) is 2. The Morgan fingerprint density at radius 1 is 0.479 bits per heavy atom. The molecule has 6 N–H and O–H groups in total. The van der Waals surface area contributed by atoms with Gasteiger partial charge in [0.2, 0.25) is 5.91 Å². The first-order valence-electron chi connectivity index (χ1n) is 30.3. The van der Waals surface area contributed by atoms with Crippen LogP contribution in [0.25, 0.3) is 0 Å². The van der Waals surface area contributed by atoms with Crippen molar-refractivity contribution in [3.05, 3.63) is 85.1 Å². The topological polar surface area (TPSA) is 149 Å². The lowest BCUT2D eigenvalue weighted by Gasteiger charge is -2.40. The van der Waals surface area contributed by atoms with Gasteiger partial charge in [0, 0.05) is 6.42 Å². The molecule has 1 heterocycles. The minimum atomic E-state index is -1.58. The number of amides is 1. The van der Waals surface area contributed by atoms with Gasteiger partial charge in [0.15, 0.2) is 6.29 Å². The van der Waals surface area contributed by atoms with Gasteiger partial charge in [0.25, 0.3) is 0 Å². The summed E-state index contributed by atoms with van der Waals surface area (Å²) in [6.45, 7) is 3.67. The lowest BCUT2D eigenvalue weighted by molar-refractivity contribution is -0.302. The highest BCUT2D eigenvalue weighted by atomic mass is 16.7. The molecule has 0 radical (unpaired) electrons. The molecule has 7 unspecified atom stereocenters. The van der Waals surface area contributed by atoms with Crippen molar-refractivity contribution in [3.8, 4) is 0 Å². The zero-order valence-electron chi connectivity index (χ0n) is 46.9. The van der Waals surface area contributed by atoms with Crippen molar-refractivity contribution >= 4 is 5.91 Å². The number of carbonyl (C=O) groups excluding carboxylic acids is 1. The Balaban J connectivity index is 2.22. The number of nitrogens with one attached hydrogen (secondary N) is 1. The van der Waals surface area contributed by atoms with E-state index < -0.39 is 49.5 Å². The van der Waals surface area contributed by atoms with Gasteiger partial charge in [-0.25, -0.2) is 0 Å². The van der Waals surface area contributed by atoms with Crippen molar-refractivity contribution in [2.24, 2.45) is 0 Å². The fraction of sp³-hybridized carbons (Fsp3) is 0.766. The molecule has 1 saturated heterocycles. The van der Waals surface area contributed by atoms with Crippen molar-refractivity contribution in [2.45, 2.75) is 301 Å². The van der Waals surface area contributed by atoms with Crippen LogP contribution in [0.15, 0.2) is 85.1 Å². The minimum Gasteiger partial charge on any atom is -0.394 e. The summed E-state index contributed by atoms with van der Waals surface area (Å²) in [5, 5.41) is 54.6. The summed E-state index contributed by atoms with van der Waals surface area (Å²) in [7, 11) is 0. The summed E-state index contributed by atoms with van der Waals surface area (Å²) >= 11 is 0. The van der Waals surface area contributed by atoms with Gasteiger partial charge in [-0.1, -0.05) is 259 Å². The van der Waals surface area contributed by atoms with E-state index in [0.717, 1.165) is 70.6 Å². The Hall–Kier alpha value is -2.63. The molecule has 1 rings (SSSR count). The van der Waals surface area contributed by atoms with Crippen molar-refractivity contribution in [3.63, 3.8) is 0 Å². The summed E-state index contributed by atoms with van der Waals surface area (Å²) < 4.78 is 11.3.